The van der Waals surface area contributed by atoms with Crippen molar-refractivity contribution in [1.82, 2.24) is 0 Å². The van der Waals surface area contributed by atoms with Crippen LogP contribution in [-0.2, 0) is 4.79 Å². The number of anilines is 1. The molecule has 0 spiro atoms. The van der Waals surface area contributed by atoms with Crippen LogP contribution < -0.4 is 10.1 Å². The topological polar surface area (TPSA) is 62.1 Å². The molecule has 0 fully saturated rings. The molecule has 1 N–H and O–H groups in total. The molecular weight excluding hydrogens is 358 g/mol. The highest BCUT2D eigenvalue weighted by Crippen LogP contribution is 2.27. The number of benzene rings is 2. The van der Waals surface area contributed by atoms with Gasteiger partial charge in [-0.15, -0.1) is 0 Å². The molecule has 1 amide bonds. The highest BCUT2D eigenvalue weighted by Gasteiger charge is 2.08. The molecular formula is C16H11ClF2N2O2S. The van der Waals surface area contributed by atoms with Gasteiger partial charge in [0.1, 0.15) is 5.75 Å². The molecule has 0 bridgehead atoms. The molecule has 0 aromatic heterocycles. The number of amides is 1. The summed E-state index contributed by atoms with van der Waals surface area (Å²) in [6.45, 7) is -0.279. The third-order valence-corrected chi connectivity index (χ3v) is 3.80. The Balaban J connectivity index is 1.88. The first-order chi connectivity index (χ1) is 11.5. The van der Waals surface area contributed by atoms with Crippen molar-refractivity contribution in [2.24, 2.45) is 0 Å². The van der Waals surface area contributed by atoms with Crippen LogP contribution in [0.15, 0.2) is 47.4 Å². The van der Waals surface area contributed by atoms with E-state index in [0.717, 1.165) is 0 Å². The fourth-order valence-electron chi connectivity index (χ4n) is 1.75. The molecule has 24 heavy (non-hydrogen) atoms. The Bertz CT molecular complexity index is 764. The lowest BCUT2D eigenvalue weighted by atomic mass is 10.2. The number of nitriles is 1. The Labute approximate surface area is 146 Å². The van der Waals surface area contributed by atoms with Crippen LogP contribution in [0.4, 0.5) is 14.5 Å². The van der Waals surface area contributed by atoms with Gasteiger partial charge < -0.3 is 10.1 Å². The summed E-state index contributed by atoms with van der Waals surface area (Å²) in [6, 6.07) is 12.4. The fourth-order valence-corrected chi connectivity index (χ4v) is 2.48. The van der Waals surface area contributed by atoms with Crippen LogP contribution in [0.5, 0.6) is 5.75 Å². The number of thioether (sulfide) groups is 1. The van der Waals surface area contributed by atoms with Crippen molar-refractivity contribution in [3.05, 3.63) is 53.1 Å². The summed E-state index contributed by atoms with van der Waals surface area (Å²) in [5, 5.41) is 11.6. The van der Waals surface area contributed by atoms with E-state index in [9.17, 15) is 13.6 Å². The molecule has 0 saturated heterocycles. The Hall–Kier alpha value is -2.30. The highest BCUT2D eigenvalue weighted by atomic mass is 35.5. The summed E-state index contributed by atoms with van der Waals surface area (Å²) in [7, 11) is 0. The van der Waals surface area contributed by atoms with E-state index in [-0.39, 0.29) is 17.4 Å². The average Bonchev–Trinajstić information content (AvgIpc) is 2.55. The van der Waals surface area contributed by atoms with E-state index in [0.29, 0.717) is 27.9 Å². The number of hydrogen-bond donors (Lipinski definition) is 1. The quantitative estimate of drug-likeness (QED) is 0.760. The van der Waals surface area contributed by atoms with Crippen molar-refractivity contribution in [2.75, 3.05) is 11.9 Å². The number of carbonyl (C=O) groups is 1. The minimum absolute atomic E-state index is 0.232. The number of hydrogen-bond acceptors (Lipinski definition) is 4. The maximum absolute atomic E-state index is 12.2. The van der Waals surface area contributed by atoms with Gasteiger partial charge in [-0.2, -0.15) is 14.0 Å². The van der Waals surface area contributed by atoms with E-state index in [1.807, 2.05) is 6.07 Å². The maximum Gasteiger partial charge on any atom is 0.288 e. The zero-order chi connectivity index (χ0) is 17.5. The Morgan fingerprint density at radius 2 is 2.00 bits per heavy atom. The van der Waals surface area contributed by atoms with Crippen molar-refractivity contribution >= 4 is 35.0 Å². The summed E-state index contributed by atoms with van der Waals surface area (Å²) in [6.07, 6.45) is 0. The molecule has 0 heterocycles. The van der Waals surface area contributed by atoms with Gasteiger partial charge in [-0.3, -0.25) is 4.79 Å². The molecule has 0 aliphatic rings. The first-order valence-electron chi connectivity index (χ1n) is 6.65. The molecule has 0 aliphatic carbocycles. The molecule has 2 aromatic carbocycles. The number of carbonyl (C=O) groups excluding carboxylic acids is 1. The van der Waals surface area contributed by atoms with Gasteiger partial charge in [0.2, 0.25) is 0 Å². The normalized spacial score (nSPS) is 10.3. The molecule has 2 rings (SSSR count). The lowest BCUT2D eigenvalue weighted by molar-refractivity contribution is -0.118. The molecule has 124 valence electrons. The van der Waals surface area contributed by atoms with Crippen LogP contribution in [0.3, 0.4) is 0 Å². The van der Waals surface area contributed by atoms with Crippen molar-refractivity contribution in [2.45, 2.75) is 10.7 Å². The highest BCUT2D eigenvalue weighted by molar-refractivity contribution is 7.99. The average molecular weight is 369 g/mol. The summed E-state index contributed by atoms with van der Waals surface area (Å²) in [5.74, 6) is -2.63. The van der Waals surface area contributed by atoms with Gasteiger partial charge in [0, 0.05) is 10.6 Å². The monoisotopic (exact) mass is 368 g/mol. The molecule has 0 atom stereocenters. The van der Waals surface area contributed by atoms with E-state index in [2.05, 4.69) is 5.32 Å². The molecule has 0 unspecified atom stereocenters. The minimum atomic E-state index is -2.49. The molecule has 2 aromatic rings. The molecule has 4 nitrogen and oxygen atoms in total. The molecule has 8 heteroatoms. The summed E-state index contributed by atoms with van der Waals surface area (Å²) < 4.78 is 29.7. The van der Waals surface area contributed by atoms with Gasteiger partial charge >= 0.3 is 0 Å². The third-order valence-electron chi connectivity index (χ3n) is 2.78. The molecule has 0 aliphatic heterocycles. The second-order valence-electron chi connectivity index (χ2n) is 4.50. The maximum atomic E-state index is 12.2. The SMILES string of the molecule is N#Cc1ccc(OCC(=O)Nc2ccc(SC(F)F)cc2)c(Cl)c1. The van der Waals surface area contributed by atoms with E-state index in [1.165, 1.54) is 42.5 Å². The summed E-state index contributed by atoms with van der Waals surface area (Å²) >= 11 is 6.37. The first kappa shape index (κ1) is 18.0. The Kier molecular flexibility index (Phi) is 6.41. The lowest BCUT2D eigenvalue weighted by Gasteiger charge is -2.09. The van der Waals surface area contributed by atoms with Crippen molar-refractivity contribution in [1.29, 1.82) is 5.26 Å². The van der Waals surface area contributed by atoms with Gasteiger partial charge in [-0.1, -0.05) is 23.4 Å². The van der Waals surface area contributed by atoms with Crippen molar-refractivity contribution < 1.29 is 18.3 Å². The Morgan fingerprint density at radius 3 is 2.58 bits per heavy atom. The van der Waals surface area contributed by atoms with E-state index in [4.69, 9.17) is 21.6 Å². The number of nitrogens with one attached hydrogen (secondary N) is 1. The van der Waals surface area contributed by atoms with Gasteiger partial charge in [0.15, 0.2) is 6.61 Å². The van der Waals surface area contributed by atoms with Gasteiger partial charge in [-0.05, 0) is 42.5 Å². The molecule has 0 radical (unpaired) electrons. The molecule has 0 saturated carbocycles. The van der Waals surface area contributed by atoms with Crippen LogP contribution in [0.1, 0.15) is 5.56 Å². The van der Waals surface area contributed by atoms with Crippen LogP contribution in [0, 0.1) is 11.3 Å². The van der Waals surface area contributed by atoms with Crippen LogP contribution in [0.2, 0.25) is 5.02 Å². The number of nitrogens with zero attached hydrogens (tertiary/aromatic N) is 1. The number of halogens is 3. The van der Waals surface area contributed by atoms with Gasteiger partial charge in [-0.25, -0.2) is 0 Å². The zero-order valence-electron chi connectivity index (χ0n) is 12.1. The predicted molar refractivity (Wildman–Crippen MR) is 88.6 cm³/mol. The second kappa shape index (κ2) is 8.52. The standard InChI is InChI=1S/C16H11ClF2N2O2S/c17-13-7-10(8-20)1-6-14(13)23-9-15(22)21-11-2-4-12(5-3-11)24-16(18)19/h1-7,16H,9H2,(H,21,22). The van der Waals surface area contributed by atoms with Crippen molar-refractivity contribution in [3.8, 4) is 11.8 Å². The van der Waals surface area contributed by atoms with E-state index < -0.39 is 11.7 Å². The Morgan fingerprint density at radius 1 is 1.29 bits per heavy atom. The van der Waals surface area contributed by atoms with Crippen LogP contribution >= 0.6 is 23.4 Å². The zero-order valence-corrected chi connectivity index (χ0v) is 13.7. The lowest BCUT2D eigenvalue weighted by Crippen LogP contribution is -2.20. The van der Waals surface area contributed by atoms with E-state index in [1.54, 1.807) is 0 Å². The minimum Gasteiger partial charge on any atom is -0.482 e. The second-order valence-corrected chi connectivity index (χ2v) is 5.97. The van der Waals surface area contributed by atoms with Crippen molar-refractivity contribution in [3.63, 3.8) is 0 Å². The van der Waals surface area contributed by atoms with Crippen LogP contribution in [0.25, 0.3) is 0 Å². The van der Waals surface area contributed by atoms with E-state index >= 15 is 0 Å². The van der Waals surface area contributed by atoms with Gasteiger partial charge in [0.05, 0.1) is 16.7 Å². The van der Waals surface area contributed by atoms with Gasteiger partial charge in [0.25, 0.3) is 11.7 Å². The smallest absolute Gasteiger partial charge is 0.288 e. The number of alkyl halides is 2. The summed E-state index contributed by atoms with van der Waals surface area (Å²) in [5.41, 5.74) is 0.853. The fraction of sp³-hybridized carbons (Fsp3) is 0.125. The summed E-state index contributed by atoms with van der Waals surface area (Å²) in [4.78, 5) is 12.2. The van der Waals surface area contributed by atoms with Crippen LogP contribution in [-0.4, -0.2) is 18.3 Å². The predicted octanol–water partition coefficient (Wildman–Crippen LogP) is 4.54. The largest absolute Gasteiger partial charge is 0.482 e. The number of ether oxygens (including phenoxy) is 1. The first-order valence-corrected chi connectivity index (χ1v) is 7.91. The number of rotatable bonds is 6. The third kappa shape index (κ3) is 5.41.